The van der Waals surface area contributed by atoms with E-state index in [-0.39, 0.29) is 18.0 Å². The zero-order valence-corrected chi connectivity index (χ0v) is 16.9. The lowest BCUT2D eigenvalue weighted by Crippen LogP contribution is -2.31. The van der Waals surface area contributed by atoms with Gasteiger partial charge in [0.2, 0.25) is 5.56 Å². The van der Waals surface area contributed by atoms with Crippen molar-refractivity contribution in [1.29, 1.82) is 0 Å². The van der Waals surface area contributed by atoms with Crippen LogP contribution in [0.4, 0.5) is 5.69 Å². The third-order valence-corrected chi connectivity index (χ3v) is 5.09. The van der Waals surface area contributed by atoms with E-state index in [4.69, 9.17) is 4.74 Å². The number of para-hydroxylation sites is 1. The van der Waals surface area contributed by atoms with E-state index >= 15 is 0 Å². The Morgan fingerprint density at radius 1 is 0.967 bits per heavy atom. The molecular weight excluding hydrogens is 376 g/mol. The number of aryl methyl sites for hydroxylation is 1. The summed E-state index contributed by atoms with van der Waals surface area (Å²) in [6.45, 7) is 2.28. The van der Waals surface area contributed by atoms with E-state index in [1.807, 2.05) is 55.5 Å². The van der Waals surface area contributed by atoms with Crippen molar-refractivity contribution in [2.75, 3.05) is 12.0 Å². The summed E-state index contributed by atoms with van der Waals surface area (Å²) in [4.78, 5) is 30.2. The first-order valence-electron chi connectivity index (χ1n) is 9.69. The van der Waals surface area contributed by atoms with Crippen molar-refractivity contribution < 1.29 is 9.53 Å². The highest BCUT2D eigenvalue weighted by atomic mass is 16.5. The van der Waals surface area contributed by atoms with Crippen LogP contribution in [-0.4, -0.2) is 18.0 Å². The Morgan fingerprint density at radius 3 is 2.37 bits per heavy atom. The normalized spacial score (nSPS) is 10.7. The summed E-state index contributed by atoms with van der Waals surface area (Å²) in [6.07, 6.45) is 0. The number of rotatable bonds is 5. The van der Waals surface area contributed by atoms with E-state index in [0.29, 0.717) is 11.3 Å². The molecule has 150 valence electrons. The number of pyridine rings is 1. The van der Waals surface area contributed by atoms with Gasteiger partial charge in [-0.25, -0.2) is 0 Å². The van der Waals surface area contributed by atoms with E-state index in [0.717, 1.165) is 27.7 Å². The molecule has 1 aromatic heterocycles. The number of ether oxygens (including phenoxy) is 1. The first kappa shape index (κ1) is 19.5. The van der Waals surface area contributed by atoms with Gasteiger partial charge in [0.25, 0.3) is 5.91 Å². The molecule has 4 aromatic rings. The maximum Gasteiger partial charge on any atom is 0.258 e. The van der Waals surface area contributed by atoms with Crippen molar-refractivity contribution in [3.05, 3.63) is 106 Å². The molecule has 0 fully saturated rings. The minimum atomic E-state index is -0.190. The topological polar surface area (TPSA) is 62.4 Å². The van der Waals surface area contributed by atoms with Crippen LogP contribution in [0.15, 0.2) is 83.7 Å². The van der Waals surface area contributed by atoms with Crippen LogP contribution >= 0.6 is 0 Å². The second-order valence-corrected chi connectivity index (χ2v) is 7.16. The smallest absolute Gasteiger partial charge is 0.258 e. The van der Waals surface area contributed by atoms with Crippen molar-refractivity contribution >= 4 is 22.5 Å². The number of amides is 1. The molecule has 1 heterocycles. The molecule has 30 heavy (non-hydrogen) atoms. The van der Waals surface area contributed by atoms with Crippen molar-refractivity contribution in [3.63, 3.8) is 0 Å². The number of methoxy groups -OCH3 is 1. The lowest BCUT2D eigenvalue weighted by molar-refractivity contribution is 0.0985. The number of hydrogen-bond acceptors (Lipinski definition) is 3. The molecule has 5 heteroatoms. The van der Waals surface area contributed by atoms with Crippen LogP contribution in [0.5, 0.6) is 5.75 Å². The van der Waals surface area contributed by atoms with Crippen LogP contribution in [0, 0.1) is 6.92 Å². The maximum absolute atomic E-state index is 13.5. The van der Waals surface area contributed by atoms with Gasteiger partial charge in [0.05, 0.1) is 13.7 Å². The van der Waals surface area contributed by atoms with Crippen LogP contribution in [0.1, 0.15) is 21.5 Å². The van der Waals surface area contributed by atoms with Crippen LogP contribution in [0.25, 0.3) is 10.9 Å². The predicted molar refractivity (Wildman–Crippen MR) is 119 cm³/mol. The highest BCUT2D eigenvalue weighted by Crippen LogP contribution is 2.24. The maximum atomic E-state index is 13.5. The molecule has 1 amide bonds. The number of H-pyrrole nitrogens is 1. The van der Waals surface area contributed by atoms with E-state index in [1.165, 1.54) is 0 Å². The molecular formula is C25H22N2O3. The van der Waals surface area contributed by atoms with Crippen molar-refractivity contribution in [2.24, 2.45) is 0 Å². The Balaban J connectivity index is 1.79. The quantitative estimate of drug-likeness (QED) is 0.530. The van der Waals surface area contributed by atoms with E-state index < -0.39 is 0 Å². The summed E-state index contributed by atoms with van der Waals surface area (Å²) in [5.74, 6) is 0.542. The SMILES string of the molecule is COc1ccc(C(=O)N(Cc2cc(=O)[nH]c3ccccc23)c2ccc(C)cc2)cc1. The number of carbonyl (C=O) groups is 1. The average Bonchev–Trinajstić information content (AvgIpc) is 2.77. The second kappa shape index (κ2) is 8.25. The minimum Gasteiger partial charge on any atom is -0.497 e. The molecule has 0 saturated heterocycles. The van der Waals surface area contributed by atoms with Gasteiger partial charge in [-0.15, -0.1) is 0 Å². The number of nitrogens with zero attached hydrogens (tertiary/aromatic N) is 1. The van der Waals surface area contributed by atoms with Gasteiger partial charge in [0, 0.05) is 28.2 Å². The third kappa shape index (κ3) is 3.96. The molecule has 1 N–H and O–H groups in total. The summed E-state index contributed by atoms with van der Waals surface area (Å²) in [7, 11) is 1.59. The molecule has 5 nitrogen and oxygen atoms in total. The van der Waals surface area contributed by atoms with Crippen molar-refractivity contribution in [1.82, 2.24) is 4.98 Å². The van der Waals surface area contributed by atoms with Gasteiger partial charge in [-0.2, -0.15) is 0 Å². The molecule has 0 aliphatic heterocycles. The fraction of sp³-hybridized carbons (Fsp3) is 0.120. The predicted octanol–water partition coefficient (Wildman–Crippen LogP) is 4.69. The average molecular weight is 398 g/mol. The summed E-state index contributed by atoms with van der Waals surface area (Å²) in [5.41, 5.74) is 3.77. The van der Waals surface area contributed by atoms with Gasteiger partial charge in [0.1, 0.15) is 5.75 Å². The Morgan fingerprint density at radius 2 is 1.67 bits per heavy atom. The second-order valence-electron chi connectivity index (χ2n) is 7.16. The highest BCUT2D eigenvalue weighted by Gasteiger charge is 2.20. The van der Waals surface area contributed by atoms with Crippen molar-refractivity contribution in [3.8, 4) is 5.75 Å². The van der Waals surface area contributed by atoms with Gasteiger partial charge in [-0.3, -0.25) is 9.59 Å². The first-order chi connectivity index (χ1) is 14.5. The van der Waals surface area contributed by atoms with Crippen LogP contribution in [0.2, 0.25) is 0 Å². The van der Waals surface area contributed by atoms with Gasteiger partial charge >= 0.3 is 0 Å². The summed E-state index contributed by atoms with van der Waals surface area (Å²) in [5, 5.41) is 0.914. The summed E-state index contributed by atoms with van der Waals surface area (Å²) < 4.78 is 5.20. The van der Waals surface area contributed by atoms with Gasteiger partial charge in [-0.1, -0.05) is 35.9 Å². The van der Waals surface area contributed by atoms with Crippen LogP contribution in [-0.2, 0) is 6.54 Å². The van der Waals surface area contributed by atoms with Crippen LogP contribution < -0.4 is 15.2 Å². The molecule has 0 bridgehead atoms. The highest BCUT2D eigenvalue weighted by molar-refractivity contribution is 6.06. The Bertz CT molecular complexity index is 1240. The largest absolute Gasteiger partial charge is 0.497 e. The first-order valence-corrected chi connectivity index (χ1v) is 9.69. The number of carbonyl (C=O) groups excluding carboxylic acids is 1. The number of fused-ring (bicyclic) bond motifs is 1. The molecule has 0 aliphatic rings. The summed E-state index contributed by atoms with van der Waals surface area (Å²) in [6, 6.07) is 24.0. The van der Waals surface area contributed by atoms with Gasteiger partial charge in [-0.05, 0) is 55.0 Å². The zero-order chi connectivity index (χ0) is 21.1. The number of nitrogens with one attached hydrogen (secondary N) is 1. The van der Waals surface area contributed by atoms with E-state index in [9.17, 15) is 9.59 Å². The van der Waals surface area contributed by atoms with Gasteiger partial charge in [0.15, 0.2) is 0 Å². The fourth-order valence-electron chi connectivity index (χ4n) is 3.47. The lowest BCUT2D eigenvalue weighted by atomic mass is 10.1. The third-order valence-electron chi connectivity index (χ3n) is 5.09. The minimum absolute atomic E-state index is 0.147. The van der Waals surface area contributed by atoms with Crippen LogP contribution in [0.3, 0.4) is 0 Å². The molecule has 0 aliphatic carbocycles. The number of anilines is 1. The molecule has 0 unspecified atom stereocenters. The van der Waals surface area contributed by atoms with Crippen molar-refractivity contribution in [2.45, 2.75) is 13.5 Å². The monoisotopic (exact) mass is 398 g/mol. The molecule has 0 radical (unpaired) electrons. The number of hydrogen-bond donors (Lipinski definition) is 1. The molecule has 3 aromatic carbocycles. The zero-order valence-electron chi connectivity index (χ0n) is 16.9. The molecule has 0 atom stereocenters. The van der Waals surface area contributed by atoms with E-state index in [2.05, 4.69) is 4.98 Å². The number of aromatic amines is 1. The molecule has 4 rings (SSSR count). The Kier molecular flexibility index (Phi) is 5.35. The van der Waals surface area contributed by atoms with Gasteiger partial charge < -0.3 is 14.6 Å². The Hall–Kier alpha value is -3.86. The van der Waals surface area contributed by atoms with E-state index in [1.54, 1.807) is 42.3 Å². The lowest BCUT2D eigenvalue weighted by Gasteiger charge is -2.24. The number of benzene rings is 3. The molecule has 0 saturated carbocycles. The molecule has 0 spiro atoms. The standard InChI is InChI=1S/C25H22N2O3/c1-17-7-11-20(12-8-17)27(25(29)18-9-13-21(30-2)14-10-18)16-19-15-24(28)26-23-6-4-3-5-22(19)23/h3-15H,16H2,1-2H3,(H,26,28). The Labute approximate surface area is 174 Å². The fourth-order valence-corrected chi connectivity index (χ4v) is 3.47. The summed E-state index contributed by atoms with van der Waals surface area (Å²) >= 11 is 0. The number of aromatic nitrogens is 1.